The quantitative estimate of drug-likeness (QED) is 0.678. The van der Waals surface area contributed by atoms with Crippen molar-refractivity contribution in [3.05, 3.63) is 0 Å². The number of rotatable bonds is 2. The van der Waals surface area contributed by atoms with Crippen LogP contribution in [0.15, 0.2) is 0 Å². The molecule has 2 heteroatoms. The third-order valence-corrected chi connectivity index (χ3v) is 3.01. The molecule has 0 saturated heterocycles. The molecule has 2 unspecified atom stereocenters. The van der Waals surface area contributed by atoms with Gasteiger partial charge in [-0.1, -0.05) is 13.8 Å². The van der Waals surface area contributed by atoms with E-state index in [1.807, 2.05) is 0 Å². The Labute approximate surface area is 75.6 Å². The molecular formula is C10H21NO. The predicted octanol–water partition coefficient (Wildman–Crippen LogP) is 1.35. The molecule has 0 bridgehead atoms. The molecule has 1 saturated carbocycles. The summed E-state index contributed by atoms with van der Waals surface area (Å²) in [6.45, 7) is 5.34. The van der Waals surface area contributed by atoms with E-state index in [2.05, 4.69) is 32.8 Å². The van der Waals surface area contributed by atoms with Crippen LogP contribution in [-0.4, -0.2) is 36.8 Å². The summed E-state index contributed by atoms with van der Waals surface area (Å²) in [4.78, 5) is 2.16. The first-order valence-corrected chi connectivity index (χ1v) is 4.76. The van der Waals surface area contributed by atoms with Gasteiger partial charge >= 0.3 is 0 Å². The molecule has 0 aromatic heterocycles. The van der Waals surface area contributed by atoms with Crippen LogP contribution in [0, 0.1) is 11.3 Å². The van der Waals surface area contributed by atoms with Gasteiger partial charge < -0.3 is 10.0 Å². The Morgan fingerprint density at radius 1 is 1.42 bits per heavy atom. The Balaban J connectivity index is 2.50. The van der Waals surface area contributed by atoms with E-state index >= 15 is 0 Å². The lowest BCUT2D eigenvalue weighted by Crippen LogP contribution is -2.33. The molecule has 12 heavy (non-hydrogen) atoms. The van der Waals surface area contributed by atoms with Gasteiger partial charge in [-0.3, -0.25) is 0 Å². The van der Waals surface area contributed by atoms with Gasteiger partial charge in [-0.05, 0) is 38.3 Å². The molecule has 0 aliphatic heterocycles. The van der Waals surface area contributed by atoms with Crippen molar-refractivity contribution in [1.82, 2.24) is 4.90 Å². The van der Waals surface area contributed by atoms with E-state index < -0.39 is 0 Å². The summed E-state index contributed by atoms with van der Waals surface area (Å²) >= 11 is 0. The van der Waals surface area contributed by atoms with Gasteiger partial charge in [-0.2, -0.15) is 0 Å². The highest BCUT2D eigenvalue weighted by atomic mass is 16.3. The topological polar surface area (TPSA) is 23.5 Å². The molecule has 1 aliphatic carbocycles. The van der Waals surface area contributed by atoms with Gasteiger partial charge in [0.1, 0.15) is 0 Å². The lowest BCUT2D eigenvalue weighted by molar-refractivity contribution is 0.0379. The van der Waals surface area contributed by atoms with Crippen molar-refractivity contribution >= 4 is 0 Å². The zero-order valence-electron chi connectivity index (χ0n) is 8.67. The normalized spacial score (nSPS) is 34.5. The summed E-state index contributed by atoms with van der Waals surface area (Å²) in [5.41, 5.74) is 0.140. The molecule has 1 rings (SSSR count). The largest absolute Gasteiger partial charge is 0.392 e. The molecule has 0 heterocycles. The fourth-order valence-corrected chi connectivity index (χ4v) is 2.16. The first-order chi connectivity index (χ1) is 5.43. The van der Waals surface area contributed by atoms with E-state index in [4.69, 9.17) is 0 Å². The predicted molar refractivity (Wildman–Crippen MR) is 51.1 cm³/mol. The van der Waals surface area contributed by atoms with Gasteiger partial charge in [0, 0.05) is 6.54 Å². The van der Waals surface area contributed by atoms with Crippen LogP contribution in [0.4, 0.5) is 0 Å². The molecule has 1 fully saturated rings. The third-order valence-electron chi connectivity index (χ3n) is 3.01. The summed E-state index contributed by atoms with van der Waals surface area (Å²) in [7, 11) is 4.14. The van der Waals surface area contributed by atoms with E-state index in [0.717, 1.165) is 13.0 Å². The first kappa shape index (κ1) is 10.0. The van der Waals surface area contributed by atoms with E-state index in [0.29, 0.717) is 5.92 Å². The molecule has 2 nitrogen and oxygen atoms in total. The lowest BCUT2D eigenvalue weighted by atomic mass is 9.87. The zero-order chi connectivity index (χ0) is 9.35. The summed E-state index contributed by atoms with van der Waals surface area (Å²) < 4.78 is 0. The molecule has 0 amide bonds. The number of hydrogen-bond donors (Lipinski definition) is 1. The fraction of sp³-hybridized carbons (Fsp3) is 1.00. The van der Waals surface area contributed by atoms with E-state index in [1.54, 1.807) is 0 Å². The minimum Gasteiger partial charge on any atom is -0.392 e. The maximum atomic E-state index is 9.94. The molecule has 2 atom stereocenters. The second kappa shape index (κ2) is 3.35. The molecule has 0 spiro atoms. The van der Waals surface area contributed by atoms with Gasteiger partial charge in [-0.25, -0.2) is 0 Å². The van der Waals surface area contributed by atoms with Gasteiger partial charge in [0.15, 0.2) is 0 Å². The van der Waals surface area contributed by atoms with Crippen molar-refractivity contribution in [1.29, 1.82) is 0 Å². The van der Waals surface area contributed by atoms with E-state index in [9.17, 15) is 5.11 Å². The van der Waals surface area contributed by atoms with Crippen LogP contribution >= 0.6 is 0 Å². The number of hydrogen-bond acceptors (Lipinski definition) is 2. The second-order valence-electron chi connectivity index (χ2n) is 4.99. The zero-order valence-corrected chi connectivity index (χ0v) is 8.67. The van der Waals surface area contributed by atoms with E-state index in [-0.39, 0.29) is 11.5 Å². The van der Waals surface area contributed by atoms with Crippen LogP contribution in [-0.2, 0) is 0 Å². The maximum Gasteiger partial charge on any atom is 0.0631 e. The first-order valence-electron chi connectivity index (χ1n) is 4.76. The molecule has 1 aliphatic rings. The van der Waals surface area contributed by atoms with Crippen LogP contribution in [0.2, 0.25) is 0 Å². The summed E-state index contributed by atoms with van der Waals surface area (Å²) in [5.74, 6) is 0.481. The van der Waals surface area contributed by atoms with E-state index in [1.165, 1.54) is 6.42 Å². The van der Waals surface area contributed by atoms with Crippen molar-refractivity contribution < 1.29 is 5.11 Å². The number of aliphatic hydroxyl groups is 1. The van der Waals surface area contributed by atoms with Crippen molar-refractivity contribution in [2.75, 3.05) is 20.6 Å². The number of aliphatic hydroxyl groups excluding tert-OH is 1. The van der Waals surface area contributed by atoms with Gasteiger partial charge in [-0.15, -0.1) is 0 Å². The molecule has 0 radical (unpaired) electrons. The summed E-state index contributed by atoms with van der Waals surface area (Å²) in [5, 5.41) is 9.94. The van der Waals surface area contributed by atoms with Gasteiger partial charge in [0.25, 0.3) is 0 Å². The molecule has 72 valence electrons. The Morgan fingerprint density at radius 3 is 2.33 bits per heavy atom. The van der Waals surface area contributed by atoms with Gasteiger partial charge in [0.05, 0.1) is 6.10 Å². The lowest BCUT2D eigenvalue weighted by Gasteiger charge is -2.27. The van der Waals surface area contributed by atoms with Crippen LogP contribution in [0.3, 0.4) is 0 Å². The minimum atomic E-state index is -0.111. The Hall–Kier alpha value is -0.0800. The Bertz CT molecular complexity index is 154. The fourth-order valence-electron chi connectivity index (χ4n) is 2.16. The standard InChI is InChI=1S/C10H21NO/c1-10(2)6-5-8(9(10)12)7-11(3)4/h8-9,12H,5-7H2,1-4H3. The van der Waals surface area contributed by atoms with Crippen LogP contribution in [0.1, 0.15) is 26.7 Å². The maximum absolute atomic E-state index is 9.94. The summed E-state index contributed by atoms with van der Waals surface area (Å²) in [6.07, 6.45) is 2.22. The average Bonchev–Trinajstić information content (AvgIpc) is 2.15. The molecule has 1 N–H and O–H groups in total. The SMILES string of the molecule is CN(C)CC1CCC(C)(C)C1O. The highest BCUT2D eigenvalue weighted by Crippen LogP contribution is 2.41. The van der Waals surface area contributed by atoms with Gasteiger partial charge in [0.2, 0.25) is 0 Å². The van der Waals surface area contributed by atoms with Crippen LogP contribution < -0.4 is 0 Å². The monoisotopic (exact) mass is 171 g/mol. The Kier molecular flexibility index (Phi) is 2.79. The second-order valence-corrected chi connectivity index (χ2v) is 4.99. The van der Waals surface area contributed by atoms with Crippen molar-refractivity contribution in [2.45, 2.75) is 32.8 Å². The molecule has 0 aromatic rings. The van der Waals surface area contributed by atoms with Crippen molar-refractivity contribution in [3.63, 3.8) is 0 Å². The Morgan fingerprint density at radius 2 is 2.00 bits per heavy atom. The van der Waals surface area contributed by atoms with Crippen molar-refractivity contribution in [2.24, 2.45) is 11.3 Å². The average molecular weight is 171 g/mol. The van der Waals surface area contributed by atoms with Crippen LogP contribution in [0.5, 0.6) is 0 Å². The highest BCUT2D eigenvalue weighted by Gasteiger charge is 2.40. The molecule has 0 aromatic carbocycles. The minimum absolute atomic E-state index is 0.111. The van der Waals surface area contributed by atoms with Crippen LogP contribution in [0.25, 0.3) is 0 Å². The van der Waals surface area contributed by atoms with Crippen molar-refractivity contribution in [3.8, 4) is 0 Å². The smallest absolute Gasteiger partial charge is 0.0631 e. The number of nitrogens with zero attached hydrogens (tertiary/aromatic N) is 1. The highest BCUT2D eigenvalue weighted by molar-refractivity contribution is 4.91. The summed E-state index contributed by atoms with van der Waals surface area (Å²) in [6, 6.07) is 0. The molecular weight excluding hydrogens is 150 g/mol. The third kappa shape index (κ3) is 1.99.